The third kappa shape index (κ3) is 4.07. The number of benzene rings is 1. The molecule has 0 aromatic heterocycles. The molecule has 0 spiro atoms. The molecule has 1 aliphatic carbocycles. The molecule has 3 heteroatoms. The van der Waals surface area contributed by atoms with Crippen LogP contribution in [0.2, 0.25) is 0 Å². The monoisotopic (exact) mass is 323 g/mol. The van der Waals surface area contributed by atoms with Crippen LogP contribution in [0.25, 0.3) is 0 Å². The number of hydrogen-bond donors (Lipinski definition) is 1. The summed E-state index contributed by atoms with van der Waals surface area (Å²) < 4.78 is 0. The first kappa shape index (κ1) is 14.6. The molecule has 1 aromatic carbocycles. The number of nitrogens with one attached hydrogen (secondary N) is 1. The van der Waals surface area contributed by atoms with Crippen LogP contribution >= 0.6 is 15.9 Å². The summed E-state index contributed by atoms with van der Waals surface area (Å²) in [5.41, 5.74) is 2.03. The predicted molar refractivity (Wildman–Crippen MR) is 82.9 cm³/mol. The molecule has 2 nitrogen and oxygen atoms in total. The van der Waals surface area contributed by atoms with Gasteiger partial charge >= 0.3 is 0 Å². The minimum atomic E-state index is 0.0494. The zero-order valence-corrected chi connectivity index (χ0v) is 13.2. The van der Waals surface area contributed by atoms with Crippen LogP contribution in [-0.4, -0.2) is 17.3 Å². The van der Waals surface area contributed by atoms with E-state index in [1.165, 1.54) is 24.8 Å². The van der Waals surface area contributed by atoms with Crippen LogP contribution in [0, 0.1) is 5.92 Å². The number of rotatable bonds is 4. The van der Waals surface area contributed by atoms with Crippen molar-refractivity contribution < 1.29 is 4.79 Å². The Morgan fingerprint density at radius 1 is 1.32 bits per heavy atom. The Hall–Kier alpha value is -0.830. The summed E-state index contributed by atoms with van der Waals surface area (Å²) in [6, 6.07) is 7.94. The number of carbonyl (C=O) groups is 1. The fourth-order valence-electron chi connectivity index (χ4n) is 2.56. The molecule has 1 aromatic rings. The summed E-state index contributed by atoms with van der Waals surface area (Å²) in [6.07, 6.45) is 3.61. The SMILES string of the molecule is CC(C)c1ccc(C(=O)NCC2CCC(Br)C2)cc1. The molecule has 0 bridgehead atoms. The Kier molecular flexibility index (Phi) is 5.03. The van der Waals surface area contributed by atoms with Gasteiger partial charge in [-0.2, -0.15) is 0 Å². The number of amides is 1. The van der Waals surface area contributed by atoms with Crippen molar-refractivity contribution in [2.75, 3.05) is 6.54 Å². The van der Waals surface area contributed by atoms with Crippen molar-refractivity contribution >= 4 is 21.8 Å². The van der Waals surface area contributed by atoms with E-state index in [-0.39, 0.29) is 5.91 Å². The van der Waals surface area contributed by atoms with Gasteiger partial charge < -0.3 is 5.32 Å². The van der Waals surface area contributed by atoms with Crippen LogP contribution in [0.1, 0.15) is 54.9 Å². The number of halogens is 1. The van der Waals surface area contributed by atoms with Crippen molar-refractivity contribution in [2.45, 2.75) is 43.9 Å². The average molecular weight is 324 g/mol. The first-order valence-corrected chi connectivity index (χ1v) is 8.00. The highest BCUT2D eigenvalue weighted by atomic mass is 79.9. The van der Waals surface area contributed by atoms with E-state index in [0.29, 0.717) is 16.7 Å². The van der Waals surface area contributed by atoms with E-state index in [1.807, 2.05) is 24.3 Å². The van der Waals surface area contributed by atoms with Crippen molar-refractivity contribution in [1.82, 2.24) is 5.32 Å². The summed E-state index contributed by atoms with van der Waals surface area (Å²) in [5, 5.41) is 3.05. The molecule has 1 amide bonds. The zero-order chi connectivity index (χ0) is 13.8. The van der Waals surface area contributed by atoms with Crippen LogP contribution in [0.5, 0.6) is 0 Å². The van der Waals surface area contributed by atoms with Gasteiger partial charge in [-0.15, -0.1) is 0 Å². The summed E-state index contributed by atoms with van der Waals surface area (Å²) >= 11 is 3.64. The largest absolute Gasteiger partial charge is 0.352 e. The summed E-state index contributed by atoms with van der Waals surface area (Å²) in [4.78, 5) is 12.7. The molecule has 1 saturated carbocycles. The summed E-state index contributed by atoms with van der Waals surface area (Å²) in [5.74, 6) is 1.18. The molecular formula is C16H22BrNO. The van der Waals surface area contributed by atoms with Gasteiger partial charge in [-0.1, -0.05) is 41.9 Å². The second-order valence-electron chi connectivity index (χ2n) is 5.76. The standard InChI is InChI=1S/C16H22BrNO/c1-11(2)13-4-6-14(7-5-13)16(19)18-10-12-3-8-15(17)9-12/h4-7,11-12,15H,3,8-10H2,1-2H3,(H,18,19). The molecule has 19 heavy (non-hydrogen) atoms. The lowest BCUT2D eigenvalue weighted by molar-refractivity contribution is 0.0947. The molecule has 0 radical (unpaired) electrons. The molecule has 104 valence electrons. The molecule has 0 aliphatic heterocycles. The van der Waals surface area contributed by atoms with Gasteiger partial charge in [0.25, 0.3) is 5.91 Å². The normalized spacial score (nSPS) is 22.7. The molecule has 1 aliphatic rings. The Balaban J connectivity index is 1.85. The molecule has 0 saturated heterocycles. The number of hydrogen-bond acceptors (Lipinski definition) is 1. The zero-order valence-electron chi connectivity index (χ0n) is 11.7. The second-order valence-corrected chi connectivity index (χ2v) is 7.06. The predicted octanol–water partition coefficient (Wildman–Crippen LogP) is 4.10. The molecule has 2 unspecified atom stereocenters. The number of carbonyl (C=O) groups excluding carboxylic acids is 1. The van der Waals surface area contributed by atoms with Crippen molar-refractivity contribution in [2.24, 2.45) is 5.92 Å². The highest BCUT2D eigenvalue weighted by Gasteiger charge is 2.22. The van der Waals surface area contributed by atoms with Crippen molar-refractivity contribution in [1.29, 1.82) is 0 Å². The van der Waals surface area contributed by atoms with E-state index in [0.717, 1.165) is 12.1 Å². The molecule has 1 fully saturated rings. The third-order valence-electron chi connectivity index (χ3n) is 3.87. The van der Waals surface area contributed by atoms with Crippen LogP contribution in [0.15, 0.2) is 24.3 Å². The van der Waals surface area contributed by atoms with E-state index in [9.17, 15) is 4.79 Å². The quantitative estimate of drug-likeness (QED) is 0.830. The van der Waals surface area contributed by atoms with Gasteiger partial charge in [0.2, 0.25) is 0 Å². The van der Waals surface area contributed by atoms with Gasteiger partial charge in [0.05, 0.1) is 0 Å². The Morgan fingerprint density at radius 2 is 2.00 bits per heavy atom. The molecule has 2 atom stereocenters. The average Bonchev–Trinajstić information content (AvgIpc) is 2.82. The molecular weight excluding hydrogens is 302 g/mol. The summed E-state index contributed by atoms with van der Waals surface area (Å²) in [7, 11) is 0. The first-order chi connectivity index (χ1) is 9.06. The van der Waals surface area contributed by atoms with Gasteiger partial charge in [0.15, 0.2) is 0 Å². The first-order valence-electron chi connectivity index (χ1n) is 7.08. The number of alkyl halides is 1. The fourth-order valence-corrected chi connectivity index (χ4v) is 3.35. The highest BCUT2D eigenvalue weighted by Crippen LogP contribution is 2.30. The fraction of sp³-hybridized carbons (Fsp3) is 0.562. The van der Waals surface area contributed by atoms with E-state index in [2.05, 4.69) is 35.1 Å². The smallest absolute Gasteiger partial charge is 0.251 e. The van der Waals surface area contributed by atoms with E-state index in [4.69, 9.17) is 0 Å². The van der Waals surface area contributed by atoms with Crippen LogP contribution in [-0.2, 0) is 0 Å². The Morgan fingerprint density at radius 3 is 2.53 bits per heavy atom. The lowest BCUT2D eigenvalue weighted by atomic mass is 10.0. The maximum atomic E-state index is 12.0. The minimum absolute atomic E-state index is 0.0494. The van der Waals surface area contributed by atoms with Crippen molar-refractivity contribution in [3.05, 3.63) is 35.4 Å². The van der Waals surface area contributed by atoms with Gasteiger partial charge in [-0.25, -0.2) is 0 Å². The Labute approximate surface area is 124 Å². The van der Waals surface area contributed by atoms with Crippen molar-refractivity contribution in [3.63, 3.8) is 0 Å². The summed E-state index contributed by atoms with van der Waals surface area (Å²) in [6.45, 7) is 5.12. The van der Waals surface area contributed by atoms with Gasteiger partial charge in [-0.05, 0) is 48.8 Å². The second kappa shape index (κ2) is 6.56. The van der Waals surface area contributed by atoms with Gasteiger partial charge in [0, 0.05) is 16.9 Å². The third-order valence-corrected chi connectivity index (χ3v) is 4.70. The van der Waals surface area contributed by atoms with Crippen LogP contribution in [0.3, 0.4) is 0 Å². The van der Waals surface area contributed by atoms with Gasteiger partial charge in [-0.3, -0.25) is 4.79 Å². The van der Waals surface area contributed by atoms with Crippen molar-refractivity contribution in [3.8, 4) is 0 Å². The lowest BCUT2D eigenvalue weighted by Crippen LogP contribution is -2.28. The maximum absolute atomic E-state index is 12.0. The molecule has 0 heterocycles. The van der Waals surface area contributed by atoms with E-state index >= 15 is 0 Å². The topological polar surface area (TPSA) is 29.1 Å². The van der Waals surface area contributed by atoms with E-state index in [1.54, 1.807) is 0 Å². The highest BCUT2D eigenvalue weighted by molar-refractivity contribution is 9.09. The van der Waals surface area contributed by atoms with Crippen LogP contribution in [0.4, 0.5) is 0 Å². The lowest BCUT2D eigenvalue weighted by Gasteiger charge is -2.11. The maximum Gasteiger partial charge on any atom is 0.251 e. The molecule has 2 rings (SSSR count). The minimum Gasteiger partial charge on any atom is -0.352 e. The van der Waals surface area contributed by atoms with E-state index < -0.39 is 0 Å². The Bertz CT molecular complexity index is 427. The van der Waals surface area contributed by atoms with Gasteiger partial charge in [0.1, 0.15) is 0 Å². The van der Waals surface area contributed by atoms with Crippen LogP contribution < -0.4 is 5.32 Å². The molecule has 1 N–H and O–H groups in total.